The van der Waals surface area contributed by atoms with Gasteiger partial charge in [-0.3, -0.25) is 24.5 Å². The number of benzene rings is 2. The fourth-order valence-electron chi connectivity index (χ4n) is 3.41. The predicted molar refractivity (Wildman–Crippen MR) is 119 cm³/mol. The highest BCUT2D eigenvalue weighted by Gasteiger charge is 2.29. The summed E-state index contributed by atoms with van der Waals surface area (Å²) in [6.45, 7) is 7.22. The normalized spacial score (nSPS) is 15.2. The van der Waals surface area contributed by atoms with Gasteiger partial charge in [0.05, 0.1) is 34.3 Å². The standard InChI is InChI=1S/C21H26N4O6S/c1-21(2,24-10-12-31-13-11-24)15-22-20(26)18-8-3-4-9-19(18)23-32(29,30)17-7-5-6-16(14-17)25(27)28/h3-9,14,23H,10-13,15H2,1-2H3,(H,22,26). The Bertz CT molecular complexity index is 1100. The quantitative estimate of drug-likeness (QED) is 0.454. The van der Waals surface area contributed by atoms with E-state index in [0.29, 0.717) is 19.8 Å². The van der Waals surface area contributed by atoms with Gasteiger partial charge < -0.3 is 10.1 Å². The zero-order valence-corrected chi connectivity index (χ0v) is 18.7. The number of nitro benzene ring substituents is 1. The number of nitro groups is 1. The molecule has 3 rings (SSSR count). The van der Waals surface area contributed by atoms with E-state index in [1.54, 1.807) is 12.1 Å². The lowest BCUT2D eigenvalue weighted by molar-refractivity contribution is -0.385. The number of nitrogens with one attached hydrogen (secondary N) is 2. The molecule has 1 saturated heterocycles. The smallest absolute Gasteiger partial charge is 0.270 e. The average Bonchev–Trinajstić information content (AvgIpc) is 2.78. The minimum absolute atomic E-state index is 0.0840. The van der Waals surface area contributed by atoms with Gasteiger partial charge in [-0.25, -0.2) is 8.42 Å². The van der Waals surface area contributed by atoms with Gasteiger partial charge in [0.25, 0.3) is 21.6 Å². The van der Waals surface area contributed by atoms with Crippen molar-refractivity contribution in [2.75, 3.05) is 37.6 Å². The molecule has 32 heavy (non-hydrogen) atoms. The summed E-state index contributed by atoms with van der Waals surface area (Å²) in [6, 6.07) is 10.9. The van der Waals surface area contributed by atoms with Crippen LogP contribution in [0.1, 0.15) is 24.2 Å². The Labute approximate surface area is 186 Å². The minimum Gasteiger partial charge on any atom is -0.379 e. The molecule has 172 valence electrons. The number of carbonyl (C=O) groups is 1. The maximum absolute atomic E-state index is 12.9. The van der Waals surface area contributed by atoms with E-state index in [0.717, 1.165) is 19.2 Å². The van der Waals surface area contributed by atoms with E-state index < -0.39 is 20.9 Å². The lowest BCUT2D eigenvalue weighted by Gasteiger charge is -2.40. The van der Waals surface area contributed by atoms with Gasteiger partial charge in [0.1, 0.15) is 0 Å². The first-order chi connectivity index (χ1) is 15.1. The van der Waals surface area contributed by atoms with Gasteiger partial charge >= 0.3 is 0 Å². The van der Waals surface area contributed by atoms with Gasteiger partial charge in [0.2, 0.25) is 0 Å². The maximum Gasteiger partial charge on any atom is 0.270 e. The van der Waals surface area contributed by atoms with Crippen LogP contribution in [-0.2, 0) is 14.8 Å². The Balaban J connectivity index is 1.76. The van der Waals surface area contributed by atoms with Crippen LogP contribution in [0, 0.1) is 10.1 Å². The Morgan fingerprint density at radius 2 is 1.84 bits per heavy atom. The molecule has 0 spiro atoms. The Kier molecular flexibility index (Phi) is 7.12. The topological polar surface area (TPSA) is 131 Å². The van der Waals surface area contributed by atoms with Crippen molar-refractivity contribution in [2.24, 2.45) is 0 Å². The van der Waals surface area contributed by atoms with Crippen molar-refractivity contribution in [1.82, 2.24) is 10.2 Å². The van der Waals surface area contributed by atoms with Crippen LogP contribution in [0.5, 0.6) is 0 Å². The number of ether oxygens (including phenoxy) is 1. The first-order valence-corrected chi connectivity index (χ1v) is 11.6. The molecule has 1 aliphatic rings. The molecule has 11 heteroatoms. The Hall–Kier alpha value is -3.02. The molecule has 1 heterocycles. The number of hydrogen-bond acceptors (Lipinski definition) is 7. The van der Waals surface area contributed by atoms with Crippen LogP contribution in [0.15, 0.2) is 53.4 Å². The summed E-state index contributed by atoms with van der Waals surface area (Å²) < 4.78 is 33.3. The van der Waals surface area contributed by atoms with E-state index in [1.807, 2.05) is 13.8 Å². The van der Waals surface area contributed by atoms with Gasteiger partial charge in [0, 0.05) is 37.3 Å². The average molecular weight is 463 g/mol. The molecule has 0 unspecified atom stereocenters. The predicted octanol–water partition coefficient (Wildman–Crippen LogP) is 2.24. The van der Waals surface area contributed by atoms with Crippen molar-refractivity contribution in [2.45, 2.75) is 24.3 Å². The van der Waals surface area contributed by atoms with E-state index in [2.05, 4.69) is 14.9 Å². The lowest BCUT2D eigenvalue weighted by atomic mass is 10.0. The molecule has 2 aromatic rings. The van der Waals surface area contributed by atoms with Crippen LogP contribution in [-0.4, -0.2) is 62.5 Å². The Morgan fingerprint density at radius 1 is 1.16 bits per heavy atom. The fourth-order valence-corrected chi connectivity index (χ4v) is 4.53. The van der Waals surface area contributed by atoms with Crippen LogP contribution in [0.2, 0.25) is 0 Å². The van der Waals surface area contributed by atoms with Crippen molar-refractivity contribution < 1.29 is 22.9 Å². The first kappa shape index (κ1) is 23.6. The lowest BCUT2D eigenvalue weighted by Crippen LogP contribution is -2.55. The molecule has 0 aliphatic carbocycles. The molecular weight excluding hydrogens is 436 g/mol. The third-order valence-electron chi connectivity index (χ3n) is 5.30. The van der Waals surface area contributed by atoms with E-state index in [9.17, 15) is 23.3 Å². The molecule has 1 amide bonds. The summed E-state index contributed by atoms with van der Waals surface area (Å²) in [6.07, 6.45) is 0. The third-order valence-corrected chi connectivity index (χ3v) is 6.67. The molecule has 2 N–H and O–H groups in total. The largest absolute Gasteiger partial charge is 0.379 e. The van der Waals surface area contributed by atoms with Crippen LogP contribution in [0.25, 0.3) is 0 Å². The number of nitrogens with zero attached hydrogens (tertiary/aromatic N) is 2. The Morgan fingerprint density at radius 3 is 2.53 bits per heavy atom. The highest BCUT2D eigenvalue weighted by atomic mass is 32.2. The summed E-state index contributed by atoms with van der Waals surface area (Å²) in [5.74, 6) is -0.427. The van der Waals surface area contributed by atoms with Gasteiger partial charge in [-0.2, -0.15) is 0 Å². The zero-order chi connectivity index (χ0) is 23.4. The van der Waals surface area contributed by atoms with E-state index >= 15 is 0 Å². The SMILES string of the molecule is CC(C)(CNC(=O)c1ccccc1NS(=O)(=O)c1cccc([N+](=O)[O-])c1)N1CCOCC1. The fraction of sp³-hybridized carbons (Fsp3) is 0.381. The molecular formula is C21H26N4O6S. The molecule has 10 nitrogen and oxygen atoms in total. The molecule has 2 aromatic carbocycles. The van der Waals surface area contributed by atoms with Gasteiger partial charge in [-0.15, -0.1) is 0 Å². The number of para-hydroxylation sites is 1. The number of morpholine rings is 1. The second-order valence-corrected chi connectivity index (χ2v) is 9.68. The van der Waals surface area contributed by atoms with E-state index in [4.69, 9.17) is 4.74 Å². The summed E-state index contributed by atoms with van der Waals surface area (Å²) in [4.78, 5) is 25.2. The van der Waals surface area contributed by atoms with Crippen molar-refractivity contribution >= 4 is 27.3 Å². The first-order valence-electron chi connectivity index (χ1n) is 10.1. The molecule has 0 bridgehead atoms. The van der Waals surface area contributed by atoms with Crippen LogP contribution in [0.3, 0.4) is 0 Å². The number of rotatable bonds is 8. The van der Waals surface area contributed by atoms with E-state index in [1.165, 1.54) is 30.3 Å². The monoisotopic (exact) mass is 462 g/mol. The minimum atomic E-state index is -4.14. The maximum atomic E-state index is 12.9. The zero-order valence-electron chi connectivity index (χ0n) is 17.9. The number of sulfonamides is 1. The number of hydrogen-bond donors (Lipinski definition) is 2. The second kappa shape index (κ2) is 9.63. The molecule has 1 fully saturated rings. The molecule has 0 radical (unpaired) electrons. The van der Waals surface area contributed by atoms with Crippen molar-refractivity contribution in [3.05, 3.63) is 64.2 Å². The van der Waals surface area contributed by atoms with Crippen molar-refractivity contribution in [3.63, 3.8) is 0 Å². The molecule has 0 saturated carbocycles. The summed E-state index contributed by atoms with van der Waals surface area (Å²) in [5.41, 5.74) is -0.416. The number of carbonyl (C=O) groups excluding carboxylic acids is 1. The molecule has 0 aromatic heterocycles. The second-order valence-electron chi connectivity index (χ2n) is 8.00. The highest BCUT2D eigenvalue weighted by molar-refractivity contribution is 7.92. The molecule has 1 aliphatic heterocycles. The summed E-state index contributed by atoms with van der Waals surface area (Å²) in [7, 11) is -4.14. The van der Waals surface area contributed by atoms with Crippen LogP contribution >= 0.6 is 0 Å². The third kappa shape index (κ3) is 5.61. The van der Waals surface area contributed by atoms with Gasteiger partial charge in [-0.1, -0.05) is 18.2 Å². The number of amides is 1. The van der Waals surface area contributed by atoms with Crippen molar-refractivity contribution in [3.8, 4) is 0 Å². The summed E-state index contributed by atoms with van der Waals surface area (Å²) >= 11 is 0. The van der Waals surface area contributed by atoms with Gasteiger partial charge in [0.15, 0.2) is 0 Å². The number of anilines is 1. The van der Waals surface area contributed by atoms with E-state index in [-0.39, 0.29) is 27.4 Å². The van der Waals surface area contributed by atoms with Gasteiger partial charge in [-0.05, 0) is 32.0 Å². The van der Waals surface area contributed by atoms with Crippen LogP contribution < -0.4 is 10.0 Å². The molecule has 0 atom stereocenters. The van der Waals surface area contributed by atoms with Crippen LogP contribution in [0.4, 0.5) is 11.4 Å². The summed E-state index contributed by atoms with van der Waals surface area (Å²) in [5, 5.41) is 13.9. The number of non-ortho nitro benzene ring substituents is 1. The van der Waals surface area contributed by atoms with Crippen molar-refractivity contribution in [1.29, 1.82) is 0 Å². The highest BCUT2D eigenvalue weighted by Crippen LogP contribution is 2.23.